The van der Waals surface area contributed by atoms with Gasteiger partial charge in [-0.3, -0.25) is 0 Å². The van der Waals surface area contributed by atoms with Gasteiger partial charge >= 0.3 is 0 Å². The highest BCUT2D eigenvalue weighted by molar-refractivity contribution is 6.01. The molecule has 70 valence electrons. The Morgan fingerprint density at radius 2 is 2.23 bits per heavy atom. The van der Waals surface area contributed by atoms with Crippen LogP contribution >= 0.6 is 0 Å². The second kappa shape index (κ2) is 3.80. The number of hydrogen-bond donors (Lipinski definition) is 2. The van der Waals surface area contributed by atoms with Crippen LogP contribution in [0.4, 0.5) is 0 Å². The van der Waals surface area contributed by atoms with Crippen LogP contribution < -0.4 is 10.6 Å². The molecule has 4 nitrogen and oxygen atoms in total. The summed E-state index contributed by atoms with van der Waals surface area (Å²) in [6.45, 7) is 1.75. The largest absolute Gasteiger partial charge is 0.508 e. The van der Waals surface area contributed by atoms with Gasteiger partial charge in [0.1, 0.15) is 11.5 Å². The molecule has 0 spiro atoms. The number of phenols is 1. The molecule has 0 bridgehead atoms. The van der Waals surface area contributed by atoms with Gasteiger partial charge in [-0.2, -0.15) is 5.10 Å². The van der Waals surface area contributed by atoms with Crippen LogP contribution in [0.3, 0.4) is 0 Å². The van der Waals surface area contributed by atoms with Crippen LogP contribution in [0.1, 0.15) is 12.5 Å². The summed E-state index contributed by atoms with van der Waals surface area (Å²) in [7, 11) is 1.56. The fourth-order valence-corrected chi connectivity index (χ4v) is 1.05. The Bertz CT molecular complexity index is 334. The van der Waals surface area contributed by atoms with Crippen molar-refractivity contribution in [1.82, 2.24) is 0 Å². The van der Waals surface area contributed by atoms with Gasteiger partial charge in [0.2, 0.25) is 0 Å². The molecule has 1 aromatic carbocycles. The number of nitrogens with zero attached hydrogens (tertiary/aromatic N) is 1. The van der Waals surface area contributed by atoms with E-state index in [0.29, 0.717) is 17.0 Å². The summed E-state index contributed by atoms with van der Waals surface area (Å²) in [4.78, 5) is 0. The summed E-state index contributed by atoms with van der Waals surface area (Å²) >= 11 is 0. The zero-order chi connectivity index (χ0) is 9.84. The summed E-state index contributed by atoms with van der Waals surface area (Å²) in [5, 5.41) is 12.8. The Balaban J connectivity index is 3.23. The standard InChI is InChI=1S/C9H12N2O2/c1-6(11-10)8-5-7(12)3-4-9(8)13-2/h3-5,12H,10H2,1-2H3/b11-6+. The van der Waals surface area contributed by atoms with Crippen LogP contribution in [0.5, 0.6) is 11.5 Å². The number of ether oxygens (including phenoxy) is 1. The number of phenolic OH excluding ortho intramolecular Hbond substituents is 1. The third kappa shape index (κ3) is 1.90. The summed E-state index contributed by atoms with van der Waals surface area (Å²) in [6.07, 6.45) is 0. The molecule has 0 unspecified atom stereocenters. The van der Waals surface area contributed by atoms with E-state index < -0.39 is 0 Å². The molecule has 0 saturated carbocycles. The molecule has 0 aliphatic heterocycles. The quantitative estimate of drug-likeness (QED) is 0.406. The number of rotatable bonds is 2. The Morgan fingerprint density at radius 1 is 1.54 bits per heavy atom. The van der Waals surface area contributed by atoms with Crippen LogP contribution in [-0.2, 0) is 0 Å². The molecule has 0 aliphatic rings. The highest BCUT2D eigenvalue weighted by Gasteiger charge is 2.06. The summed E-state index contributed by atoms with van der Waals surface area (Å²) in [5.74, 6) is 5.94. The van der Waals surface area contributed by atoms with Gasteiger partial charge in [0.25, 0.3) is 0 Å². The average molecular weight is 180 g/mol. The first-order valence-corrected chi connectivity index (χ1v) is 3.81. The van der Waals surface area contributed by atoms with Crippen LogP contribution in [0, 0.1) is 0 Å². The molecule has 0 radical (unpaired) electrons. The first-order valence-electron chi connectivity index (χ1n) is 3.81. The fourth-order valence-electron chi connectivity index (χ4n) is 1.05. The van der Waals surface area contributed by atoms with Crippen molar-refractivity contribution in [2.45, 2.75) is 6.92 Å². The Hall–Kier alpha value is -1.71. The second-order valence-electron chi connectivity index (χ2n) is 2.60. The van der Waals surface area contributed by atoms with Gasteiger partial charge in [0, 0.05) is 5.56 Å². The predicted molar refractivity (Wildman–Crippen MR) is 51.1 cm³/mol. The Labute approximate surface area is 76.6 Å². The van der Waals surface area contributed by atoms with Crippen LogP contribution in [0.25, 0.3) is 0 Å². The molecule has 3 N–H and O–H groups in total. The molecule has 0 heterocycles. The number of nitrogens with two attached hydrogens (primary N) is 1. The van der Waals surface area contributed by atoms with Crippen molar-refractivity contribution in [3.63, 3.8) is 0 Å². The maximum atomic E-state index is 9.23. The minimum Gasteiger partial charge on any atom is -0.508 e. The van der Waals surface area contributed by atoms with Crippen molar-refractivity contribution in [3.8, 4) is 11.5 Å². The number of benzene rings is 1. The number of methoxy groups -OCH3 is 1. The number of hydrogen-bond acceptors (Lipinski definition) is 4. The van der Waals surface area contributed by atoms with E-state index in [0.717, 1.165) is 0 Å². The highest BCUT2D eigenvalue weighted by atomic mass is 16.5. The lowest BCUT2D eigenvalue weighted by Gasteiger charge is -2.07. The Kier molecular flexibility index (Phi) is 2.74. The van der Waals surface area contributed by atoms with Crippen molar-refractivity contribution in [2.24, 2.45) is 10.9 Å². The molecule has 0 saturated heterocycles. The number of aromatic hydroxyl groups is 1. The van der Waals surface area contributed by atoms with Gasteiger partial charge in [-0.25, -0.2) is 0 Å². The molecule has 0 aromatic heterocycles. The second-order valence-corrected chi connectivity index (χ2v) is 2.60. The molecule has 0 fully saturated rings. The van der Waals surface area contributed by atoms with E-state index in [4.69, 9.17) is 10.6 Å². The first kappa shape index (κ1) is 9.38. The average Bonchev–Trinajstić information content (AvgIpc) is 2.16. The maximum absolute atomic E-state index is 9.23. The fraction of sp³-hybridized carbons (Fsp3) is 0.222. The first-order chi connectivity index (χ1) is 6.19. The van der Waals surface area contributed by atoms with Crippen LogP contribution in [0.2, 0.25) is 0 Å². The SMILES string of the molecule is COc1ccc(O)cc1/C(C)=N/N. The van der Waals surface area contributed by atoms with Crippen LogP contribution in [0.15, 0.2) is 23.3 Å². The van der Waals surface area contributed by atoms with Crippen molar-refractivity contribution in [3.05, 3.63) is 23.8 Å². The lowest BCUT2D eigenvalue weighted by molar-refractivity contribution is 0.411. The molecule has 0 aliphatic carbocycles. The zero-order valence-corrected chi connectivity index (χ0v) is 7.61. The van der Waals surface area contributed by atoms with E-state index >= 15 is 0 Å². The highest BCUT2D eigenvalue weighted by Crippen LogP contribution is 2.23. The van der Waals surface area contributed by atoms with Crippen molar-refractivity contribution in [2.75, 3.05) is 7.11 Å². The molecule has 0 atom stereocenters. The summed E-state index contributed by atoms with van der Waals surface area (Å²) in [6, 6.07) is 4.77. The Morgan fingerprint density at radius 3 is 2.77 bits per heavy atom. The minimum absolute atomic E-state index is 0.166. The van der Waals surface area contributed by atoms with Gasteiger partial charge in [-0.05, 0) is 25.1 Å². The minimum atomic E-state index is 0.166. The third-order valence-electron chi connectivity index (χ3n) is 1.77. The van der Waals surface area contributed by atoms with E-state index in [-0.39, 0.29) is 5.75 Å². The molecular weight excluding hydrogens is 168 g/mol. The van der Waals surface area contributed by atoms with Gasteiger partial charge in [-0.1, -0.05) is 0 Å². The number of hydrazone groups is 1. The van der Waals surface area contributed by atoms with Crippen molar-refractivity contribution >= 4 is 5.71 Å². The smallest absolute Gasteiger partial charge is 0.128 e. The van der Waals surface area contributed by atoms with Gasteiger partial charge in [-0.15, -0.1) is 0 Å². The van der Waals surface area contributed by atoms with E-state index in [1.54, 1.807) is 32.2 Å². The molecule has 4 heteroatoms. The maximum Gasteiger partial charge on any atom is 0.128 e. The van der Waals surface area contributed by atoms with Gasteiger partial charge in [0.15, 0.2) is 0 Å². The summed E-state index contributed by atoms with van der Waals surface area (Å²) in [5.41, 5.74) is 1.32. The lowest BCUT2D eigenvalue weighted by Crippen LogP contribution is -2.01. The zero-order valence-electron chi connectivity index (χ0n) is 7.61. The molecule has 1 rings (SSSR count). The van der Waals surface area contributed by atoms with E-state index in [2.05, 4.69) is 5.10 Å². The van der Waals surface area contributed by atoms with E-state index in [1.165, 1.54) is 0 Å². The van der Waals surface area contributed by atoms with Crippen molar-refractivity contribution < 1.29 is 9.84 Å². The molecule has 13 heavy (non-hydrogen) atoms. The van der Waals surface area contributed by atoms with Crippen LogP contribution in [-0.4, -0.2) is 17.9 Å². The molecule has 0 amide bonds. The third-order valence-corrected chi connectivity index (χ3v) is 1.77. The summed E-state index contributed by atoms with van der Waals surface area (Å²) < 4.78 is 5.08. The molecule has 1 aromatic rings. The topological polar surface area (TPSA) is 67.8 Å². The molecular formula is C9H12N2O2. The monoisotopic (exact) mass is 180 g/mol. The normalized spacial score (nSPS) is 11.4. The predicted octanol–water partition coefficient (Wildman–Crippen LogP) is 1.08. The van der Waals surface area contributed by atoms with E-state index in [1.807, 2.05) is 0 Å². The lowest BCUT2D eigenvalue weighted by atomic mass is 10.1. The van der Waals surface area contributed by atoms with E-state index in [9.17, 15) is 5.11 Å². The van der Waals surface area contributed by atoms with Gasteiger partial charge in [0.05, 0.1) is 12.8 Å². The van der Waals surface area contributed by atoms with Crippen molar-refractivity contribution in [1.29, 1.82) is 0 Å². The van der Waals surface area contributed by atoms with Gasteiger partial charge < -0.3 is 15.7 Å².